The minimum atomic E-state index is -0.623. The van der Waals surface area contributed by atoms with Crippen molar-refractivity contribution in [1.82, 2.24) is 0 Å². The predicted octanol–water partition coefficient (Wildman–Crippen LogP) is 6.72. The van der Waals surface area contributed by atoms with E-state index in [-0.39, 0.29) is 28.1 Å². The van der Waals surface area contributed by atoms with E-state index in [0.717, 1.165) is 10.8 Å². The Morgan fingerprint density at radius 2 is 1.69 bits per heavy atom. The zero-order valence-corrected chi connectivity index (χ0v) is 20.3. The highest BCUT2D eigenvalue weighted by atomic mass is 35.5. The third-order valence-electron chi connectivity index (χ3n) is 5.45. The van der Waals surface area contributed by atoms with E-state index >= 15 is 0 Å². The monoisotopic (exact) mass is 517 g/mol. The second-order valence-corrected chi connectivity index (χ2v) is 8.67. The third-order valence-corrected chi connectivity index (χ3v) is 5.98. The summed E-state index contributed by atoms with van der Waals surface area (Å²) in [5.74, 6) is -0.741. The number of fused-ring (bicyclic) bond motifs is 1. The summed E-state index contributed by atoms with van der Waals surface area (Å²) in [6, 6.07) is 22.9. The third kappa shape index (κ3) is 4.82. The normalized spacial score (nSPS) is 14.0. The molecular formula is C28H17Cl2NO5. The van der Waals surface area contributed by atoms with Crippen LogP contribution in [0.2, 0.25) is 10.0 Å². The first kappa shape index (κ1) is 23.6. The number of rotatable bonds is 5. The maximum absolute atomic E-state index is 12.5. The quantitative estimate of drug-likeness (QED) is 0.167. The van der Waals surface area contributed by atoms with E-state index in [1.165, 1.54) is 13.2 Å². The maximum Gasteiger partial charge on any atom is 0.363 e. The first-order valence-corrected chi connectivity index (χ1v) is 11.5. The highest BCUT2D eigenvalue weighted by Crippen LogP contribution is 2.38. The van der Waals surface area contributed by atoms with Gasteiger partial charge in [-0.1, -0.05) is 53.5 Å². The van der Waals surface area contributed by atoms with E-state index in [1.54, 1.807) is 36.4 Å². The van der Waals surface area contributed by atoms with Crippen LogP contribution in [0.1, 0.15) is 21.5 Å². The number of nitrogens with zero attached hydrogens (tertiary/aromatic N) is 1. The van der Waals surface area contributed by atoms with Gasteiger partial charge in [0.05, 0.1) is 17.7 Å². The van der Waals surface area contributed by atoms with Crippen molar-refractivity contribution < 1.29 is 23.8 Å². The van der Waals surface area contributed by atoms with Gasteiger partial charge in [-0.15, -0.1) is 0 Å². The molecule has 6 nitrogen and oxygen atoms in total. The van der Waals surface area contributed by atoms with Crippen molar-refractivity contribution in [3.05, 3.63) is 111 Å². The van der Waals surface area contributed by atoms with E-state index in [2.05, 4.69) is 4.99 Å². The van der Waals surface area contributed by atoms with Gasteiger partial charge in [0.25, 0.3) is 0 Å². The van der Waals surface area contributed by atoms with Crippen LogP contribution < -0.4 is 9.47 Å². The minimum Gasteiger partial charge on any atom is -0.493 e. The molecule has 0 fully saturated rings. The maximum atomic E-state index is 12.5. The van der Waals surface area contributed by atoms with Crippen LogP contribution in [0, 0.1) is 0 Å². The standard InChI is InChI=1S/C28H17Cl2NO5/c1-34-24-14-16(12-22(30)25(24)35-27(32)18-8-10-21(29)11-9-18)13-23-28(33)36-26(31-23)20-7-6-17-4-2-3-5-19(17)15-20/h2-15H,1H3/b23-13-. The summed E-state index contributed by atoms with van der Waals surface area (Å²) in [7, 11) is 1.42. The van der Waals surface area contributed by atoms with Gasteiger partial charge in [-0.05, 0) is 70.9 Å². The van der Waals surface area contributed by atoms with Crippen LogP contribution in [0.15, 0.2) is 89.6 Å². The largest absolute Gasteiger partial charge is 0.493 e. The van der Waals surface area contributed by atoms with E-state index in [1.807, 2.05) is 42.5 Å². The van der Waals surface area contributed by atoms with Crippen LogP contribution in [0.4, 0.5) is 0 Å². The van der Waals surface area contributed by atoms with Crippen LogP contribution in [0.5, 0.6) is 11.5 Å². The number of hydrogen-bond donors (Lipinski definition) is 0. The molecule has 1 aliphatic heterocycles. The van der Waals surface area contributed by atoms with Gasteiger partial charge in [-0.25, -0.2) is 14.6 Å². The summed E-state index contributed by atoms with van der Waals surface area (Å²) in [5, 5.41) is 2.69. The average molecular weight is 518 g/mol. The first-order valence-electron chi connectivity index (χ1n) is 10.8. The zero-order valence-electron chi connectivity index (χ0n) is 18.8. The van der Waals surface area contributed by atoms with Gasteiger partial charge in [-0.2, -0.15) is 0 Å². The van der Waals surface area contributed by atoms with Crippen LogP contribution in [-0.2, 0) is 9.53 Å². The highest BCUT2D eigenvalue weighted by molar-refractivity contribution is 6.32. The van der Waals surface area contributed by atoms with Crippen molar-refractivity contribution in [2.45, 2.75) is 0 Å². The number of methoxy groups -OCH3 is 1. The molecule has 0 radical (unpaired) electrons. The number of benzene rings is 4. The Kier molecular flexibility index (Phi) is 6.46. The summed E-state index contributed by atoms with van der Waals surface area (Å²) in [6.45, 7) is 0. The van der Waals surface area contributed by atoms with Crippen LogP contribution in [0.3, 0.4) is 0 Å². The fourth-order valence-electron chi connectivity index (χ4n) is 3.67. The lowest BCUT2D eigenvalue weighted by Gasteiger charge is -2.12. The number of esters is 2. The van der Waals surface area contributed by atoms with Crippen molar-refractivity contribution in [3.8, 4) is 11.5 Å². The van der Waals surface area contributed by atoms with Crippen LogP contribution >= 0.6 is 23.2 Å². The molecular weight excluding hydrogens is 501 g/mol. The van der Waals surface area contributed by atoms with E-state index < -0.39 is 11.9 Å². The van der Waals surface area contributed by atoms with Gasteiger partial charge in [0.1, 0.15) is 0 Å². The smallest absolute Gasteiger partial charge is 0.363 e. The lowest BCUT2D eigenvalue weighted by molar-refractivity contribution is -0.129. The number of halogens is 2. The molecule has 0 saturated heterocycles. The molecule has 0 amide bonds. The molecule has 4 aromatic rings. The molecule has 0 spiro atoms. The van der Waals surface area contributed by atoms with Crippen LogP contribution in [0.25, 0.3) is 16.8 Å². The average Bonchev–Trinajstić information content (AvgIpc) is 3.25. The molecule has 0 N–H and O–H groups in total. The Morgan fingerprint density at radius 3 is 2.44 bits per heavy atom. The summed E-state index contributed by atoms with van der Waals surface area (Å²) in [4.78, 5) is 29.4. The van der Waals surface area contributed by atoms with Gasteiger partial charge in [-0.3, -0.25) is 0 Å². The molecule has 1 heterocycles. The van der Waals surface area contributed by atoms with Crippen molar-refractivity contribution >= 4 is 57.9 Å². The molecule has 0 bridgehead atoms. The molecule has 0 saturated carbocycles. The zero-order chi connectivity index (χ0) is 25.2. The van der Waals surface area contributed by atoms with Gasteiger partial charge in [0, 0.05) is 10.6 Å². The molecule has 0 unspecified atom stereocenters. The number of cyclic esters (lactones) is 1. The van der Waals surface area contributed by atoms with Crippen LogP contribution in [-0.4, -0.2) is 24.9 Å². The second-order valence-electron chi connectivity index (χ2n) is 7.83. The second kappa shape index (κ2) is 9.85. The fraction of sp³-hybridized carbons (Fsp3) is 0.0357. The molecule has 4 aromatic carbocycles. The SMILES string of the molecule is COc1cc(/C=C2\N=C(c3ccc4ccccc4c3)OC2=O)cc(Cl)c1OC(=O)c1ccc(Cl)cc1. The number of hydrogen-bond acceptors (Lipinski definition) is 6. The van der Waals surface area contributed by atoms with E-state index in [4.69, 9.17) is 37.4 Å². The predicted molar refractivity (Wildman–Crippen MR) is 139 cm³/mol. The Labute approximate surface area is 216 Å². The molecule has 5 rings (SSSR count). The Balaban J connectivity index is 1.43. The van der Waals surface area contributed by atoms with E-state index in [0.29, 0.717) is 21.7 Å². The molecule has 0 atom stereocenters. The van der Waals surface area contributed by atoms with Gasteiger partial charge in [0.2, 0.25) is 5.90 Å². The van der Waals surface area contributed by atoms with Gasteiger partial charge < -0.3 is 14.2 Å². The molecule has 178 valence electrons. The summed E-state index contributed by atoms with van der Waals surface area (Å²) < 4.78 is 16.3. The minimum absolute atomic E-state index is 0.0515. The summed E-state index contributed by atoms with van der Waals surface area (Å²) in [5.41, 5.74) is 1.60. The lowest BCUT2D eigenvalue weighted by atomic mass is 10.1. The Morgan fingerprint density at radius 1 is 0.944 bits per heavy atom. The molecule has 36 heavy (non-hydrogen) atoms. The first-order chi connectivity index (χ1) is 17.4. The molecule has 1 aliphatic rings. The number of ether oxygens (including phenoxy) is 3. The number of carbonyl (C=O) groups is 2. The number of aliphatic imine (C=N–C) groups is 1. The Hall–Kier alpha value is -4.13. The fourth-order valence-corrected chi connectivity index (χ4v) is 4.06. The van der Waals surface area contributed by atoms with E-state index in [9.17, 15) is 9.59 Å². The molecule has 8 heteroatoms. The van der Waals surface area contributed by atoms with Crippen molar-refractivity contribution in [3.63, 3.8) is 0 Å². The van der Waals surface area contributed by atoms with Crippen molar-refractivity contribution in [1.29, 1.82) is 0 Å². The van der Waals surface area contributed by atoms with Gasteiger partial charge in [0.15, 0.2) is 17.2 Å². The highest BCUT2D eigenvalue weighted by Gasteiger charge is 2.25. The summed E-state index contributed by atoms with van der Waals surface area (Å²) in [6.07, 6.45) is 1.52. The number of carbonyl (C=O) groups excluding carboxylic acids is 2. The lowest BCUT2D eigenvalue weighted by Crippen LogP contribution is -2.09. The Bertz CT molecular complexity index is 1580. The van der Waals surface area contributed by atoms with Crippen molar-refractivity contribution in [2.75, 3.05) is 7.11 Å². The topological polar surface area (TPSA) is 74.2 Å². The van der Waals surface area contributed by atoms with Gasteiger partial charge >= 0.3 is 11.9 Å². The molecule has 0 aliphatic carbocycles. The van der Waals surface area contributed by atoms with Crippen molar-refractivity contribution in [2.24, 2.45) is 4.99 Å². The summed E-state index contributed by atoms with van der Waals surface area (Å²) >= 11 is 12.3. The molecule has 0 aromatic heterocycles.